The monoisotopic (exact) mass is 307 g/mol. The Labute approximate surface area is 128 Å². The molecule has 0 amide bonds. The summed E-state index contributed by atoms with van der Waals surface area (Å²) in [7, 11) is 0. The number of thiazole rings is 1. The molecule has 5 heteroatoms. The maximum atomic E-state index is 4.60. The minimum atomic E-state index is 0.696. The number of nitrogens with one attached hydrogen (secondary N) is 1. The van der Waals surface area contributed by atoms with Gasteiger partial charge in [-0.25, -0.2) is 4.98 Å². The minimum Gasteiger partial charge on any atom is -0.343 e. The molecule has 2 aromatic rings. The van der Waals surface area contributed by atoms with E-state index in [1.165, 1.54) is 15.6 Å². The second-order valence-corrected chi connectivity index (χ2v) is 7.77. The number of fused-ring (bicyclic) bond motifs is 1. The van der Waals surface area contributed by atoms with Crippen molar-refractivity contribution < 1.29 is 0 Å². The molecule has 0 saturated heterocycles. The van der Waals surface area contributed by atoms with Gasteiger partial charge in [0.1, 0.15) is 0 Å². The molecule has 3 rings (SSSR count). The summed E-state index contributed by atoms with van der Waals surface area (Å²) < 4.78 is 0. The number of rotatable bonds is 5. The van der Waals surface area contributed by atoms with Crippen LogP contribution in [0.25, 0.3) is 0 Å². The summed E-state index contributed by atoms with van der Waals surface area (Å²) in [4.78, 5) is 9.89. The van der Waals surface area contributed by atoms with Crippen LogP contribution in [-0.4, -0.2) is 18.1 Å². The molecule has 0 aromatic carbocycles. The summed E-state index contributed by atoms with van der Waals surface area (Å²) in [5, 5.41) is 6.86. The van der Waals surface area contributed by atoms with Gasteiger partial charge in [0.2, 0.25) is 0 Å². The van der Waals surface area contributed by atoms with Crippen molar-refractivity contribution >= 4 is 27.8 Å². The highest BCUT2D eigenvalue weighted by Crippen LogP contribution is 2.30. The van der Waals surface area contributed by atoms with E-state index in [1.54, 1.807) is 4.88 Å². The Morgan fingerprint density at radius 2 is 2.35 bits per heavy atom. The van der Waals surface area contributed by atoms with Gasteiger partial charge in [-0.3, -0.25) is 0 Å². The second-order valence-electron chi connectivity index (χ2n) is 5.67. The fraction of sp³-hybridized carbons (Fsp3) is 0.533. The lowest BCUT2D eigenvalue weighted by molar-refractivity contribution is 0.554. The first-order valence-electron chi connectivity index (χ1n) is 7.18. The van der Waals surface area contributed by atoms with E-state index in [0.717, 1.165) is 32.6 Å². The van der Waals surface area contributed by atoms with Gasteiger partial charge in [-0.1, -0.05) is 13.8 Å². The van der Waals surface area contributed by atoms with Gasteiger partial charge in [-0.05, 0) is 35.9 Å². The van der Waals surface area contributed by atoms with E-state index in [4.69, 9.17) is 0 Å². The van der Waals surface area contributed by atoms with Crippen LogP contribution in [0.3, 0.4) is 0 Å². The summed E-state index contributed by atoms with van der Waals surface area (Å²) in [6.45, 7) is 8.59. The summed E-state index contributed by atoms with van der Waals surface area (Å²) in [6.07, 6.45) is 3.18. The molecule has 0 atom stereocenters. The van der Waals surface area contributed by atoms with Crippen molar-refractivity contribution in [3.05, 3.63) is 33.0 Å². The van der Waals surface area contributed by atoms with Crippen LogP contribution in [-0.2, 0) is 19.5 Å². The van der Waals surface area contributed by atoms with Crippen LogP contribution in [0, 0.1) is 5.92 Å². The van der Waals surface area contributed by atoms with E-state index in [9.17, 15) is 0 Å². The second kappa shape index (κ2) is 6.24. The summed E-state index contributed by atoms with van der Waals surface area (Å²) in [6, 6.07) is 2.25. The van der Waals surface area contributed by atoms with Gasteiger partial charge in [-0.15, -0.1) is 22.7 Å². The van der Waals surface area contributed by atoms with E-state index in [-0.39, 0.29) is 0 Å². The van der Waals surface area contributed by atoms with Gasteiger partial charge < -0.3 is 10.2 Å². The molecule has 1 aliphatic heterocycles. The Bertz CT molecular complexity index is 559. The zero-order valence-corrected chi connectivity index (χ0v) is 13.7. The Morgan fingerprint density at radius 1 is 1.45 bits per heavy atom. The third kappa shape index (κ3) is 3.22. The molecule has 0 spiro atoms. The average molecular weight is 307 g/mol. The molecule has 3 heterocycles. The average Bonchev–Trinajstić information content (AvgIpc) is 3.05. The zero-order chi connectivity index (χ0) is 13.9. The predicted molar refractivity (Wildman–Crippen MR) is 87.7 cm³/mol. The molecule has 0 unspecified atom stereocenters. The topological polar surface area (TPSA) is 28.2 Å². The van der Waals surface area contributed by atoms with Crippen molar-refractivity contribution in [1.82, 2.24) is 10.3 Å². The zero-order valence-electron chi connectivity index (χ0n) is 12.1. The highest BCUT2D eigenvalue weighted by atomic mass is 32.1. The van der Waals surface area contributed by atoms with Crippen molar-refractivity contribution in [2.45, 2.75) is 33.4 Å². The Balaban J connectivity index is 1.60. The fourth-order valence-corrected chi connectivity index (χ4v) is 4.22. The van der Waals surface area contributed by atoms with Gasteiger partial charge in [0, 0.05) is 35.6 Å². The van der Waals surface area contributed by atoms with Gasteiger partial charge in [0.25, 0.3) is 0 Å². The molecule has 2 aromatic heterocycles. The minimum absolute atomic E-state index is 0.696. The van der Waals surface area contributed by atoms with Gasteiger partial charge in [0.05, 0.1) is 0 Å². The Hall–Kier alpha value is -0.910. The van der Waals surface area contributed by atoms with Crippen molar-refractivity contribution in [2.75, 3.05) is 18.0 Å². The lowest BCUT2D eigenvalue weighted by Gasteiger charge is -2.26. The number of aromatic nitrogens is 1. The van der Waals surface area contributed by atoms with Crippen LogP contribution in [0.15, 0.2) is 17.6 Å². The molecule has 1 N–H and O–H groups in total. The van der Waals surface area contributed by atoms with Gasteiger partial charge in [0.15, 0.2) is 5.13 Å². The van der Waals surface area contributed by atoms with E-state index >= 15 is 0 Å². The van der Waals surface area contributed by atoms with Crippen LogP contribution in [0.1, 0.15) is 29.2 Å². The van der Waals surface area contributed by atoms with Crippen LogP contribution in [0.2, 0.25) is 0 Å². The number of anilines is 1. The first kappa shape index (κ1) is 14.0. The largest absolute Gasteiger partial charge is 0.343 e. The molecule has 0 saturated carbocycles. The van der Waals surface area contributed by atoms with E-state index in [0.29, 0.717) is 5.92 Å². The number of nitrogens with zero attached hydrogens (tertiary/aromatic N) is 2. The van der Waals surface area contributed by atoms with Crippen LogP contribution in [0.4, 0.5) is 5.13 Å². The molecule has 20 heavy (non-hydrogen) atoms. The molecular formula is C15H21N3S2. The summed E-state index contributed by atoms with van der Waals surface area (Å²) in [5.74, 6) is 0.696. The Kier molecular flexibility index (Phi) is 4.38. The molecular weight excluding hydrogens is 286 g/mol. The van der Waals surface area contributed by atoms with Crippen molar-refractivity contribution in [3.63, 3.8) is 0 Å². The van der Waals surface area contributed by atoms with Crippen LogP contribution < -0.4 is 10.2 Å². The summed E-state index contributed by atoms with van der Waals surface area (Å²) in [5.41, 5.74) is 1.48. The summed E-state index contributed by atoms with van der Waals surface area (Å²) >= 11 is 3.71. The van der Waals surface area contributed by atoms with Crippen molar-refractivity contribution in [2.24, 2.45) is 5.92 Å². The highest BCUT2D eigenvalue weighted by Gasteiger charge is 2.19. The van der Waals surface area contributed by atoms with Gasteiger partial charge >= 0.3 is 0 Å². The molecule has 108 valence electrons. The van der Waals surface area contributed by atoms with Crippen molar-refractivity contribution in [3.8, 4) is 0 Å². The SMILES string of the molecule is CC(C)CNCc1cnc(N2CCc3sccc3C2)s1. The lowest BCUT2D eigenvalue weighted by Crippen LogP contribution is -2.29. The predicted octanol–water partition coefficient (Wildman–Crippen LogP) is 3.51. The number of thiophene rings is 1. The highest BCUT2D eigenvalue weighted by molar-refractivity contribution is 7.15. The molecule has 0 radical (unpaired) electrons. The molecule has 1 aliphatic rings. The first-order chi connectivity index (χ1) is 9.72. The van der Waals surface area contributed by atoms with Crippen LogP contribution in [0.5, 0.6) is 0 Å². The lowest BCUT2D eigenvalue weighted by atomic mass is 10.1. The Morgan fingerprint density at radius 3 is 3.20 bits per heavy atom. The maximum absolute atomic E-state index is 4.60. The molecule has 0 bridgehead atoms. The van der Waals surface area contributed by atoms with E-state index in [1.807, 2.05) is 28.9 Å². The standard InChI is InChI=1S/C15H21N3S2/c1-11(2)7-16-8-13-9-17-15(20-13)18-5-3-14-12(10-18)4-6-19-14/h4,6,9,11,16H,3,5,7-8,10H2,1-2H3. The molecule has 0 fully saturated rings. The third-order valence-electron chi connectivity index (χ3n) is 3.47. The third-order valence-corrected chi connectivity index (χ3v) is 5.55. The van der Waals surface area contributed by atoms with Gasteiger partial charge in [-0.2, -0.15) is 0 Å². The van der Waals surface area contributed by atoms with Crippen LogP contribution >= 0.6 is 22.7 Å². The molecule has 3 nitrogen and oxygen atoms in total. The number of hydrogen-bond acceptors (Lipinski definition) is 5. The van der Waals surface area contributed by atoms with Crippen molar-refractivity contribution in [1.29, 1.82) is 0 Å². The maximum Gasteiger partial charge on any atom is 0.185 e. The molecule has 0 aliphatic carbocycles. The normalized spacial score (nSPS) is 14.8. The quantitative estimate of drug-likeness (QED) is 0.916. The van der Waals surface area contributed by atoms with E-state index in [2.05, 4.69) is 40.5 Å². The smallest absolute Gasteiger partial charge is 0.185 e. The fourth-order valence-electron chi connectivity index (χ4n) is 2.42. The number of hydrogen-bond donors (Lipinski definition) is 1. The van der Waals surface area contributed by atoms with E-state index < -0.39 is 0 Å². The first-order valence-corrected chi connectivity index (χ1v) is 8.87.